The van der Waals surface area contributed by atoms with Gasteiger partial charge in [0, 0.05) is 5.69 Å². The molecule has 2 rings (SSSR count). The SMILES string of the molecule is Cc1cccc(C)c1NC(=O)/C(C#N)=C/c1ccc(OCC#N)cc1. The molecular weight excluding hydrogens is 314 g/mol. The highest BCUT2D eigenvalue weighted by Crippen LogP contribution is 2.21. The highest BCUT2D eigenvalue weighted by Gasteiger charge is 2.12. The summed E-state index contributed by atoms with van der Waals surface area (Å²) in [5, 5.41) is 20.6. The zero-order valence-electron chi connectivity index (χ0n) is 14.0. The molecular formula is C20H17N3O2. The lowest BCUT2D eigenvalue weighted by atomic mass is 10.1. The molecule has 0 aliphatic heterocycles. The van der Waals surface area contributed by atoms with Crippen LogP contribution in [0.4, 0.5) is 5.69 Å². The smallest absolute Gasteiger partial charge is 0.266 e. The van der Waals surface area contributed by atoms with E-state index >= 15 is 0 Å². The van der Waals surface area contributed by atoms with E-state index in [-0.39, 0.29) is 12.2 Å². The number of ether oxygens (including phenoxy) is 1. The van der Waals surface area contributed by atoms with Crippen LogP contribution in [0.25, 0.3) is 6.08 Å². The summed E-state index contributed by atoms with van der Waals surface area (Å²) in [4.78, 5) is 12.4. The van der Waals surface area contributed by atoms with Gasteiger partial charge in [-0.15, -0.1) is 0 Å². The molecule has 2 aromatic rings. The maximum atomic E-state index is 12.4. The van der Waals surface area contributed by atoms with Gasteiger partial charge in [-0.25, -0.2) is 0 Å². The maximum Gasteiger partial charge on any atom is 0.266 e. The highest BCUT2D eigenvalue weighted by atomic mass is 16.5. The summed E-state index contributed by atoms with van der Waals surface area (Å²) in [6.07, 6.45) is 1.51. The molecule has 0 saturated carbocycles. The molecule has 1 amide bonds. The standard InChI is InChI=1S/C20H17N3O2/c1-14-4-3-5-15(2)19(14)23-20(24)17(13-22)12-16-6-8-18(9-7-16)25-11-10-21/h3-9,12H,11H2,1-2H3,(H,23,24)/b17-12+. The predicted octanol–water partition coefficient (Wildman–Crippen LogP) is 3.75. The van der Waals surface area contributed by atoms with Gasteiger partial charge in [0.2, 0.25) is 0 Å². The average Bonchev–Trinajstić information content (AvgIpc) is 2.62. The van der Waals surface area contributed by atoms with Crippen molar-refractivity contribution in [1.29, 1.82) is 10.5 Å². The second kappa shape index (κ2) is 8.33. The maximum absolute atomic E-state index is 12.4. The van der Waals surface area contributed by atoms with E-state index < -0.39 is 5.91 Å². The number of anilines is 1. The summed E-state index contributed by atoms with van der Waals surface area (Å²) in [7, 11) is 0. The molecule has 0 radical (unpaired) electrons. The Morgan fingerprint density at radius 2 is 1.76 bits per heavy atom. The number of nitrogens with one attached hydrogen (secondary N) is 1. The minimum absolute atomic E-state index is 0.00773. The molecule has 0 unspecified atom stereocenters. The largest absolute Gasteiger partial charge is 0.479 e. The van der Waals surface area contributed by atoms with Crippen LogP contribution in [0.2, 0.25) is 0 Å². The lowest BCUT2D eigenvalue weighted by Gasteiger charge is -2.11. The lowest BCUT2D eigenvalue weighted by Crippen LogP contribution is -2.15. The Bertz CT molecular complexity index is 864. The van der Waals surface area contributed by atoms with Crippen molar-refractivity contribution in [3.05, 3.63) is 64.7 Å². The number of nitrogens with zero attached hydrogens (tertiary/aromatic N) is 2. The van der Waals surface area contributed by atoms with Crippen LogP contribution in [-0.2, 0) is 4.79 Å². The second-order valence-corrected chi connectivity index (χ2v) is 5.41. The zero-order valence-corrected chi connectivity index (χ0v) is 14.0. The number of carbonyl (C=O) groups is 1. The molecule has 0 spiro atoms. The number of para-hydroxylation sites is 1. The molecule has 5 heteroatoms. The van der Waals surface area contributed by atoms with Gasteiger partial charge in [0.05, 0.1) is 0 Å². The Kier molecular flexibility index (Phi) is 5.92. The molecule has 0 saturated heterocycles. The van der Waals surface area contributed by atoms with Gasteiger partial charge in [-0.3, -0.25) is 4.79 Å². The van der Waals surface area contributed by atoms with Crippen LogP contribution >= 0.6 is 0 Å². The Balaban J connectivity index is 2.18. The molecule has 0 atom stereocenters. The predicted molar refractivity (Wildman–Crippen MR) is 95.7 cm³/mol. The number of aryl methyl sites for hydroxylation is 2. The zero-order chi connectivity index (χ0) is 18.2. The quantitative estimate of drug-likeness (QED) is 0.668. The summed E-state index contributed by atoms with van der Waals surface area (Å²) in [6.45, 7) is 3.77. The van der Waals surface area contributed by atoms with Crippen LogP contribution in [0.5, 0.6) is 5.75 Å². The third-order valence-corrected chi connectivity index (χ3v) is 3.58. The number of rotatable bonds is 5. The van der Waals surface area contributed by atoms with Crippen LogP contribution in [-0.4, -0.2) is 12.5 Å². The number of benzene rings is 2. The van der Waals surface area contributed by atoms with E-state index in [4.69, 9.17) is 10.00 Å². The first kappa shape index (κ1) is 17.8. The Morgan fingerprint density at radius 1 is 1.12 bits per heavy atom. The van der Waals surface area contributed by atoms with Crippen molar-refractivity contribution >= 4 is 17.7 Å². The van der Waals surface area contributed by atoms with Crippen molar-refractivity contribution in [3.63, 3.8) is 0 Å². The first-order valence-electron chi connectivity index (χ1n) is 7.64. The van der Waals surface area contributed by atoms with Gasteiger partial charge in [-0.2, -0.15) is 10.5 Å². The summed E-state index contributed by atoms with van der Waals surface area (Å²) < 4.78 is 5.17. The van der Waals surface area contributed by atoms with E-state index in [2.05, 4.69) is 5.32 Å². The highest BCUT2D eigenvalue weighted by molar-refractivity contribution is 6.10. The first-order chi connectivity index (χ1) is 12.0. The number of nitriles is 2. The molecule has 2 aromatic carbocycles. The monoisotopic (exact) mass is 331 g/mol. The van der Waals surface area contributed by atoms with Crippen molar-refractivity contribution < 1.29 is 9.53 Å². The van der Waals surface area contributed by atoms with Gasteiger partial charge in [0.25, 0.3) is 5.91 Å². The molecule has 0 aromatic heterocycles. The van der Waals surface area contributed by atoms with Crippen LogP contribution in [0, 0.1) is 36.5 Å². The van der Waals surface area contributed by atoms with Crippen molar-refractivity contribution in [3.8, 4) is 17.9 Å². The number of carbonyl (C=O) groups excluding carboxylic acids is 1. The lowest BCUT2D eigenvalue weighted by molar-refractivity contribution is -0.112. The summed E-state index contributed by atoms with van der Waals surface area (Å²) in [5.74, 6) is 0.0990. The van der Waals surface area contributed by atoms with Gasteiger partial charge in [0.15, 0.2) is 6.61 Å². The summed E-state index contributed by atoms with van der Waals surface area (Å²) in [5.41, 5.74) is 3.29. The van der Waals surface area contributed by atoms with Crippen molar-refractivity contribution in [2.75, 3.05) is 11.9 Å². The van der Waals surface area contributed by atoms with E-state index in [9.17, 15) is 10.1 Å². The Labute approximate surface area is 146 Å². The minimum Gasteiger partial charge on any atom is -0.479 e. The number of hydrogen-bond donors (Lipinski definition) is 1. The average molecular weight is 331 g/mol. The van der Waals surface area contributed by atoms with E-state index in [0.717, 1.165) is 11.1 Å². The van der Waals surface area contributed by atoms with Gasteiger partial charge >= 0.3 is 0 Å². The summed E-state index contributed by atoms with van der Waals surface area (Å²) >= 11 is 0. The van der Waals surface area contributed by atoms with Gasteiger partial charge in [0.1, 0.15) is 23.5 Å². The fourth-order valence-electron chi connectivity index (χ4n) is 2.28. The number of hydrogen-bond acceptors (Lipinski definition) is 4. The Hall–Kier alpha value is -3.57. The van der Waals surface area contributed by atoms with Gasteiger partial charge in [-0.05, 0) is 48.7 Å². The normalized spacial score (nSPS) is 10.5. The van der Waals surface area contributed by atoms with Gasteiger partial charge in [-0.1, -0.05) is 30.3 Å². The number of amides is 1. The second-order valence-electron chi connectivity index (χ2n) is 5.41. The van der Waals surface area contributed by atoms with Gasteiger partial charge < -0.3 is 10.1 Å². The van der Waals surface area contributed by atoms with E-state index in [1.54, 1.807) is 24.3 Å². The Morgan fingerprint density at radius 3 is 2.32 bits per heavy atom. The molecule has 0 fully saturated rings. The molecule has 124 valence electrons. The topological polar surface area (TPSA) is 85.9 Å². The van der Waals surface area contributed by atoms with Crippen LogP contribution in [0.15, 0.2) is 48.0 Å². The first-order valence-corrected chi connectivity index (χ1v) is 7.64. The third kappa shape index (κ3) is 4.70. The van der Waals surface area contributed by atoms with Crippen molar-refractivity contribution in [2.24, 2.45) is 0 Å². The molecule has 0 heterocycles. The molecule has 0 aliphatic rings. The van der Waals surface area contributed by atoms with E-state index in [1.165, 1.54) is 6.08 Å². The molecule has 25 heavy (non-hydrogen) atoms. The van der Waals surface area contributed by atoms with E-state index in [0.29, 0.717) is 17.0 Å². The minimum atomic E-state index is -0.454. The molecule has 0 aliphatic carbocycles. The molecule has 5 nitrogen and oxygen atoms in total. The van der Waals surface area contributed by atoms with E-state index in [1.807, 2.05) is 44.2 Å². The van der Waals surface area contributed by atoms with Crippen molar-refractivity contribution in [1.82, 2.24) is 0 Å². The van der Waals surface area contributed by atoms with Crippen LogP contribution in [0.3, 0.4) is 0 Å². The molecule has 0 bridgehead atoms. The third-order valence-electron chi connectivity index (χ3n) is 3.58. The fraction of sp³-hybridized carbons (Fsp3) is 0.150. The van der Waals surface area contributed by atoms with Crippen molar-refractivity contribution in [2.45, 2.75) is 13.8 Å². The summed E-state index contributed by atoms with van der Waals surface area (Å²) in [6, 6.07) is 16.3. The molecule has 1 N–H and O–H groups in total. The fourth-order valence-corrected chi connectivity index (χ4v) is 2.28. The van der Waals surface area contributed by atoms with Crippen LogP contribution < -0.4 is 10.1 Å². The van der Waals surface area contributed by atoms with Crippen LogP contribution in [0.1, 0.15) is 16.7 Å².